The van der Waals surface area contributed by atoms with Gasteiger partial charge in [-0.25, -0.2) is 0 Å². The monoisotopic (exact) mass is 226 g/mol. The highest BCUT2D eigenvalue weighted by molar-refractivity contribution is 4.76. The highest BCUT2D eigenvalue weighted by Crippen LogP contribution is 2.23. The molecule has 16 heavy (non-hydrogen) atoms. The maximum atomic E-state index is 3.72. The Kier molecular flexibility index (Phi) is 7.06. The average molecular weight is 226 g/mol. The molecule has 0 aromatic heterocycles. The molecule has 2 atom stereocenters. The number of hydrogen-bond acceptors (Lipinski definition) is 2. The molecule has 2 nitrogen and oxygen atoms in total. The maximum absolute atomic E-state index is 3.72. The molecule has 1 fully saturated rings. The smallest absolute Gasteiger partial charge is 0.0104 e. The van der Waals surface area contributed by atoms with Gasteiger partial charge in [0.05, 0.1) is 0 Å². The fraction of sp³-hybridized carbons (Fsp3) is 1.00. The third-order valence-corrected chi connectivity index (χ3v) is 3.76. The van der Waals surface area contributed by atoms with Crippen LogP contribution >= 0.6 is 0 Å². The summed E-state index contributed by atoms with van der Waals surface area (Å²) in [5.41, 5.74) is 0. The molecule has 0 aromatic rings. The Balaban J connectivity index is 2.01. The summed E-state index contributed by atoms with van der Waals surface area (Å²) in [6, 6.07) is 0.795. The normalized spacial score (nSPS) is 26.2. The Morgan fingerprint density at radius 3 is 2.75 bits per heavy atom. The molecule has 1 aliphatic carbocycles. The predicted molar refractivity (Wildman–Crippen MR) is 71.8 cm³/mol. The number of unbranched alkanes of at least 4 members (excludes halogenated alkanes) is 1. The van der Waals surface area contributed by atoms with Crippen molar-refractivity contribution in [3.8, 4) is 0 Å². The molecule has 0 aromatic carbocycles. The minimum atomic E-state index is 0.795. The van der Waals surface area contributed by atoms with Crippen LogP contribution in [0.5, 0.6) is 0 Å². The van der Waals surface area contributed by atoms with Gasteiger partial charge >= 0.3 is 0 Å². The van der Waals surface area contributed by atoms with Crippen molar-refractivity contribution in [2.24, 2.45) is 5.92 Å². The SMILES string of the molecule is CCCCN(C)CCNC1CCCC(C)C1. The molecule has 0 radical (unpaired) electrons. The minimum absolute atomic E-state index is 0.795. The van der Waals surface area contributed by atoms with Gasteiger partial charge in [-0.1, -0.05) is 33.1 Å². The Bertz CT molecular complexity index is 170. The van der Waals surface area contributed by atoms with Gasteiger partial charge in [-0.3, -0.25) is 0 Å². The van der Waals surface area contributed by atoms with Crippen molar-refractivity contribution in [3.05, 3.63) is 0 Å². The fourth-order valence-electron chi connectivity index (χ4n) is 2.62. The molecule has 2 heteroatoms. The van der Waals surface area contributed by atoms with Crippen LogP contribution in [0.4, 0.5) is 0 Å². The lowest BCUT2D eigenvalue weighted by atomic mass is 9.87. The summed E-state index contributed by atoms with van der Waals surface area (Å²) in [6.45, 7) is 8.26. The number of nitrogens with one attached hydrogen (secondary N) is 1. The summed E-state index contributed by atoms with van der Waals surface area (Å²) >= 11 is 0. The van der Waals surface area contributed by atoms with Crippen molar-refractivity contribution in [3.63, 3.8) is 0 Å². The molecule has 1 aliphatic rings. The highest BCUT2D eigenvalue weighted by atomic mass is 15.1. The predicted octanol–water partition coefficient (Wildman–Crippen LogP) is 2.89. The van der Waals surface area contributed by atoms with Gasteiger partial charge in [0.25, 0.3) is 0 Å². The van der Waals surface area contributed by atoms with Gasteiger partial charge < -0.3 is 10.2 Å². The summed E-state index contributed by atoms with van der Waals surface area (Å²) in [6.07, 6.45) is 8.27. The van der Waals surface area contributed by atoms with Crippen LogP contribution in [0.3, 0.4) is 0 Å². The van der Waals surface area contributed by atoms with E-state index in [1.165, 1.54) is 51.6 Å². The van der Waals surface area contributed by atoms with Crippen molar-refractivity contribution in [2.75, 3.05) is 26.7 Å². The van der Waals surface area contributed by atoms with E-state index in [2.05, 4.69) is 31.1 Å². The number of likely N-dealkylation sites (N-methyl/N-ethyl adjacent to an activating group) is 1. The molecule has 1 saturated carbocycles. The van der Waals surface area contributed by atoms with E-state index in [9.17, 15) is 0 Å². The molecule has 1 N–H and O–H groups in total. The van der Waals surface area contributed by atoms with Gasteiger partial charge in [0.15, 0.2) is 0 Å². The molecule has 96 valence electrons. The van der Waals surface area contributed by atoms with E-state index < -0.39 is 0 Å². The van der Waals surface area contributed by atoms with Gasteiger partial charge in [0.1, 0.15) is 0 Å². The van der Waals surface area contributed by atoms with Gasteiger partial charge in [0.2, 0.25) is 0 Å². The Morgan fingerprint density at radius 2 is 2.06 bits per heavy atom. The Labute approximate surface area is 102 Å². The van der Waals surface area contributed by atoms with Gasteiger partial charge in [-0.05, 0) is 38.8 Å². The van der Waals surface area contributed by atoms with E-state index in [-0.39, 0.29) is 0 Å². The number of hydrogen-bond donors (Lipinski definition) is 1. The summed E-state index contributed by atoms with van der Waals surface area (Å²) in [4.78, 5) is 2.45. The molecule has 2 unspecified atom stereocenters. The van der Waals surface area contributed by atoms with Gasteiger partial charge in [0, 0.05) is 19.1 Å². The van der Waals surface area contributed by atoms with Crippen LogP contribution in [-0.4, -0.2) is 37.6 Å². The van der Waals surface area contributed by atoms with Crippen LogP contribution in [0.25, 0.3) is 0 Å². The maximum Gasteiger partial charge on any atom is 0.0104 e. The van der Waals surface area contributed by atoms with Crippen LogP contribution in [0.15, 0.2) is 0 Å². The first-order valence-corrected chi connectivity index (χ1v) is 7.14. The Hall–Kier alpha value is -0.0800. The second kappa shape index (κ2) is 8.08. The van der Waals surface area contributed by atoms with E-state index in [0.29, 0.717) is 0 Å². The van der Waals surface area contributed by atoms with Crippen LogP contribution in [0.2, 0.25) is 0 Å². The lowest BCUT2D eigenvalue weighted by Crippen LogP contribution is -2.38. The summed E-state index contributed by atoms with van der Waals surface area (Å²) in [7, 11) is 2.24. The van der Waals surface area contributed by atoms with Crippen LogP contribution in [0.1, 0.15) is 52.4 Å². The van der Waals surface area contributed by atoms with Crippen molar-refractivity contribution >= 4 is 0 Å². The van der Waals surface area contributed by atoms with Crippen molar-refractivity contribution in [1.82, 2.24) is 10.2 Å². The standard InChI is InChI=1S/C14H30N2/c1-4-5-10-16(3)11-9-15-14-8-6-7-13(2)12-14/h13-15H,4-12H2,1-3H3. The lowest BCUT2D eigenvalue weighted by Gasteiger charge is -2.28. The quantitative estimate of drug-likeness (QED) is 0.718. The number of rotatable bonds is 7. The van der Waals surface area contributed by atoms with Crippen LogP contribution < -0.4 is 5.32 Å². The summed E-state index contributed by atoms with van der Waals surface area (Å²) in [5.74, 6) is 0.934. The number of nitrogens with zero attached hydrogens (tertiary/aromatic N) is 1. The zero-order valence-corrected chi connectivity index (χ0v) is 11.5. The molecular formula is C14H30N2. The molecule has 0 aliphatic heterocycles. The lowest BCUT2D eigenvalue weighted by molar-refractivity contribution is 0.276. The zero-order chi connectivity index (χ0) is 11.8. The largest absolute Gasteiger partial charge is 0.313 e. The van der Waals surface area contributed by atoms with Crippen molar-refractivity contribution < 1.29 is 0 Å². The molecule has 0 heterocycles. The van der Waals surface area contributed by atoms with E-state index in [1.54, 1.807) is 0 Å². The highest BCUT2D eigenvalue weighted by Gasteiger charge is 2.17. The van der Waals surface area contributed by atoms with E-state index in [4.69, 9.17) is 0 Å². The topological polar surface area (TPSA) is 15.3 Å². The second-order valence-electron chi connectivity index (χ2n) is 5.58. The third kappa shape index (κ3) is 5.86. The van der Waals surface area contributed by atoms with Crippen molar-refractivity contribution in [2.45, 2.75) is 58.4 Å². The van der Waals surface area contributed by atoms with Crippen LogP contribution in [0, 0.1) is 5.92 Å². The van der Waals surface area contributed by atoms with Crippen LogP contribution in [-0.2, 0) is 0 Å². The van der Waals surface area contributed by atoms with E-state index in [0.717, 1.165) is 18.5 Å². The zero-order valence-electron chi connectivity index (χ0n) is 11.5. The summed E-state index contributed by atoms with van der Waals surface area (Å²) < 4.78 is 0. The third-order valence-electron chi connectivity index (χ3n) is 3.76. The van der Waals surface area contributed by atoms with E-state index >= 15 is 0 Å². The second-order valence-corrected chi connectivity index (χ2v) is 5.58. The molecule has 0 spiro atoms. The fourth-order valence-corrected chi connectivity index (χ4v) is 2.62. The Morgan fingerprint density at radius 1 is 1.25 bits per heavy atom. The molecule has 0 amide bonds. The molecule has 1 rings (SSSR count). The molecule has 0 bridgehead atoms. The summed E-state index contributed by atoms with van der Waals surface area (Å²) in [5, 5.41) is 3.72. The van der Waals surface area contributed by atoms with Gasteiger partial charge in [-0.2, -0.15) is 0 Å². The molecule has 0 saturated heterocycles. The first-order chi connectivity index (χ1) is 7.72. The molecular weight excluding hydrogens is 196 g/mol. The average Bonchev–Trinajstić information content (AvgIpc) is 2.26. The first kappa shape index (κ1) is 14.0. The van der Waals surface area contributed by atoms with Gasteiger partial charge in [-0.15, -0.1) is 0 Å². The van der Waals surface area contributed by atoms with Crippen molar-refractivity contribution in [1.29, 1.82) is 0 Å². The van der Waals surface area contributed by atoms with E-state index in [1.807, 2.05) is 0 Å². The minimum Gasteiger partial charge on any atom is -0.313 e. The first-order valence-electron chi connectivity index (χ1n) is 7.14.